The number of aryl methyl sites for hydroxylation is 2. The van der Waals surface area contributed by atoms with Crippen molar-refractivity contribution in [1.29, 1.82) is 0 Å². The second-order valence-electron chi connectivity index (χ2n) is 4.80. The van der Waals surface area contributed by atoms with E-state index < -0.39 is 0 Å². The Kier molecular flexibility index (Phi) is 4.83. The van der Waals surface area contributed by atoms with Gasteiger partial charge in [0.05, 0.1) is 23.7 Å². The summed E-state index contributed by atoms with van der Waals surface area (Å²) in [5.41, 5.74) is 3.47. The van der Waals surface area contributed by atoms with Crippen LogP contribution in [0, 0.1) is 6.92 Å². The Morgan fingerprint density at radius 2 is 2.21 bits per heavy atom. The van der Waals surface area contributed by atoms with Crippen molar-refractivity contribution in [2.45, 2.75) is 32.7 Å². The molecule has 0 bridgehead atoms. The molecule has 0 saturated carbocycles. The van der Waals surface area contributed by atoms with Gasteiger partial charge in [0, 0.05) is 19.4 Å². The lowest BCUT2D eigenvalue weighted by Crippen LogP contribution is -2.16. The van der Waals surface area contributed by atoms with E-state index in [4.69, 9.17) is 21.3 Å². The Morgan fingerprint density at radius 1 is 1.42 bits per heavy atom. The molecule has 2 rings (SSSR count). The van der Waals surface area contributed by atoms with Crippen LogP contribution in [0.2, 0.25) is 0 Å². The number of aromatic nitrogens is 2. The minimum absolute atomic E-state index is 0.315. The Hall–Kier alpha value is -1.06. The largest absolute Gasteiger partial charge is 0.383 e. The maximum atomic E-state index is 5.92. The second kappa shape index (κ2) is 6.40. The number of fused-ring (bicyclic) bond motifs is 1. The number of hydrogen-bond donors (Lipinski definition) is 0. The van der Waals surface area contributed by atoms with E-state index in [1.54, 1.807) is 7.11 Å². The molecule has 4 heteroatoms. The zero-order valence-corrected chi connectivity index (χ0v) is 12.6. The third kappa shape index (κ3) is 2.77. The van der Waals surface area contributed by atoms with E-state index in [0.29, 0.717) is 18.5 Å². The van der Waals surface area contributed by atoms with Crippen LogP contribution < -0.4 is 0 Å². The van der Waals surface area contributed by atoms with Gasteiger partial charge in [0.1, 0.15) is 5.82 Å². The third-order valence-corrected chi connectivity index (χ3v) is 3.70. The molecule has 104 valence electrons. The smallest absolute Gasteiger partial charge is 0.111 e. The highest BCUT2D eigenvalue weighted by Gasteiger charge is 2.18. The van der Waals surface area contributed by atoms with Gasteiger partial charge in [-0.25, -0.2) is 4.98 Å². The number of halogens is 1. The molecule has 19 heavy (non-hydrogen) atoms. The SMILES string of the molecule is CCC(COC)n1c(CCCl)nc2c(C)cccc21. The molecule has 0 radical (unpaired) electrons. The van der Waals surface area contributed by atoms with E-state index in [2.05, 4.69) is 36.6 Å². The molecule has 0 aliphatic rings. The molecule has 0 amide bonds. The lowest BCUT2D eigenvalue weighted by molar-refractivity contribution is 0.153. The van der Waals surface area contributed by atoms with Crippen LogP contribution in [0.3, 0.4) is 0 Å². The molecule has 1 unspecified atom stereocenters. The van der Waals surface area contributed by atoms with Crippen molar-refractivity contribution in [1.82, 2.24) is 9.55 Å². The monoisotopic (exact) mass is 280 g/mol. The fourth-order valence-corrected chi connectivity index (χ4v) is 2.71. The number of ether oxygens (including phenoxy) is 1. The minimum Gasteiger partial charge on any atom is -0.383 e. The zero-order valence-electron chi connectivity index (χ0n) is 11.8. The molecule has 1 aromatic heterocycles. The summed E-state index contributed by atoms with van der Waals surface area (Å²) in [6.45, 7) is 4.97. The number of rotatable bonds is 6. The van der Waals surface area contributed by atoms with Gasteiger partial charge in [-0.1, -0.05) is 19.1 Å². The van der Waals surface area contributed by atoms with Gasteiger partial charge in [0.15, 0.2) is 0 Å². The van der Waals surface area contributed by atoms with Crippen molar-refractivity contribution in [2.24, 2.45) is 0 Å². The van der Waals surface area contributed by atoms with Gasteiger partial charge in [0.25, 0.3) is 0 Å². The first-order valence-corrected chi connectivity index (χ1v) is 7.27. The van der Waals surface area contributed by atoms with Gasteiger partial charge in [-0.05, 0) is 25.0 Å². The summed E-state index contributed by atoms with van der Waals surface area (Å²) < 4.78 is 7.65. The zero-order chi connectivity index (χ0) is 13.8. The number of methoxy groups -OCH3 is 1. The molecule has 0 saturated heterocycles. The van der Waals surface area contributed by atoms with Crippen LogP contribution in [0.15, 0.2) is 18.2 Å². The summed E-state index contributed by atoms with van der Waals surface area (Å²) in [6, 6.07) is 6.63. The number of benzene rings is 1. The molecule has 3 nitrogen and oxygen atoms in total. The molecule has 1 atom stereocenters. The average molecular weight is 281 g/mol. The normalized spacial score (nSPS) is 13.1. The van der Waals surface area contributed by atoms with Crippen LogP contribution in [-0.4, -0.2) is 29.1 Å². The quantitative estimate of drug-likeness (QED) is 0.754. The van der Waals surface area contributed by atoms with Crippen LogP contribution >= 0.6 is 11.6 Å². The maximum absolute atomic E-state index is 5.92. The summed E-state index contributed by atoms with van der Waals surface area (Å²) >= 11 is 5.92. The van der Waals surface area contributed by atoms with E-state index >= 15 is 0 Å². The summed E-state index contributed by atoms with van der Waals surface area (Å²) in [6.07, 6.45) is 1.80. The van der Waals surface area contributed by atoms with E-state index in [1.165, 1.54) is 11.1 Å². The fraction of sp³-hybridized carbons (Fsp3) is 0.533. The lowest BCUT2D eigenvalue weighted by Gasteiger charge is -2.19. The number of alkyl halides is 1. The van der Waals surface area contributed by atoms with Crippen molar-refractivity contribution in [3.05, 3.63) is 29.6 Å². The van der Waals surface area contributed by atoms with Gasteiger partial charge >= 0.3 is 0 Å². The summed E-state index contributed by atoms with van der Waals surface area (Å²) in [4.78, 5) is 4.78. The first-order chi connectivity index (χ1) is 9.22. The highest BCUT2D eigenvalue weighted by atomic mass is 35.5. The highest BCUT2D eigenvalue weighted by molar-refractivity contribution is 6.17. The predicted octanol–water partition coefficient (Wildman–Crippen LogP) is 3.72. The maximum Gasteiger partial charge on any atom is 0.111 e. The van der Waals surface area contributed by atoms with E-state index in [9.17, 15) is 0 Å². The predicted molar refractivity (Wildman–Crippen MR) is 80.1 cm³/mol. The number of hydrogen-bond acceptors (Lipinski definition) is 2. The van der Waals surface area contributed by atoms with Crippen LogP contribution in [0.1, 0.15) is 30.8 Å². The molecular formula is C15H21ClN2O. The lowest BCUT2D eigenvalue weighted by atomic mass is 10.2. The van der Waals surface area contributed by atoms with Gasteiger partial charge in [-0.3, -0.25) is 0 Å². The molecule has 0 spiro atoms. The average Bonchev–Trinajstić information content (AvgIpc) is 2.76. The van der Waals surface area contributed by atoms with Gasteiger partial charge in [-0.15, -0.1) is 11.6 Å². The first kappa shape index (κ1) is 14.4. The van der Waals surface area contributed by atoms with Gasteiger partial charge in [-0.2, -0.15) is 0 Å². The Balaban J connectivity index is 2.60. The van der Waals surface area contributed by atoms with Crippen molar-refractivity contribution < 1.29 is 4.74 Å². The fourth-order valence-electron chi connectivity index (χ4n) is 2.54. The molecule has 1 aromatic carbocycles. The molecular weight excluding hydrogens is 260 g/mol. The summed E-state index contributed by atoms with van der Waals surface area (Å²) in [5, 5.41) is 0. The van der Waals surface area contributed by atoms with Gasteiger partial charge in [0.2, 0.25) is 0 Å². The third-order valence-electron chi connectivity index (χ3n) is 3.51. The number of nitrogens with zero attached hydrogens (tertiary/aromatic N) is 2. The van der Waals surface area contributed by atoms with Crippen molar-refractivity contribution >= 4 is 22.6 Å². The molecule has 0 aliphatic carbocycles. The molecule has 1 heterocycles. The molecule has 0 aliphatic heterocycles. The number of para-hydroxylation sites is 1. The van der Waals surface area contributed by atoms with Crippen LogP contribution in [0.4, 0.5) is 0 Å². The van der Waals surface area contributed by atoms with Gasteiger partial charge < -0.3 is 9.30 Å². The summed E-state index contributed by atoms with van der Waals surface area (Å²) in [7, 11) is 1.74. The minimum atomic E-state index is 0.315. The van der Waals surface area contributed by atoms with Crippen LogP contribution in [-0.2, 0) is 11.2 Å². The van der Waals surface area contributed by atoms with Crippen molar-refractivity contribution in [3.63, 3.8) is 0 Å². The standard InChI is InChI=1S/C15H21ClN2O/c1-4-12(10-19-3)18-13-7-5-6-11(2)15(13)17-14(18)8-9-16/h5-7,12H,4,8-10H2,1-3H3. The second-order valence-corrected chi connectivity index (χ2v) is 5.18. The van der Waals surface area contributed by atoms with E-state index in [-0.39, 0.29) is 0 Å². The molecule has 0 N–H and O–H groups in total. The Labute approximate surface area is 119 Å². The van der Waals surface area contributed by atoms with E-state index in [1.807, 2.05) is 0 Å². The van der Waals surface area contributed by atoms with Crippen LogP contribution in [0.25, 0.3) is 11.0 Å². The molecule has 0 fully saturated rings. The summed E-state index contributed by atoms with van der Waals surface area (Å²) in [5.74, 6) is 1.65. The number of imidazole rings is 1. The van der Waals surface area contributed by atoms with Crippen LogP contribution in [0.5, 0.6) is 0 Å². The van der Waals surface area contributed by atoms with E-state index in [0.717, 1.165) is 24.2 Å². The van der Waals surface area contributed by atoms with Crippen molar-refractivity contribution in [3.8, 4) is 0 Å². The first-order valence-electron chi connectivity index (χ1n) is 6.74. The topological polar surface area (TPSA) is 27.1 Å². The molecule has 2 aromatic rings. The highest BCUT2D eigenvalue weighted by Crippen LogP contribution is 2.26. The Morgan fingerprint density at radius 3 is 2.84 bits per heavy atom. The Bertz CT molecular complexity index is 550. The van der Waals surface area contributed by atoms with Crippen molar-refractivity contribution in [2.75, 3.05) is 19.6 Å².